The standard InChI is InChI=1S/C16H32Cl6Si3.2C10H9.2ClH.Zr/c17-24(18,19)15-11-7-3-1-5-9-13-23-14-10-6-2-4-8-12-16-25(20,21)22;2*1-8-6-9-4-2-3-5-10(9)7-8;;;/h1-16H2;2*2-7H,1H3;2*1H;/q;2*-1;;;+4/p-2. The van der Waals surface area contributed by atoms with Crippen molar-refractivity contribution in [2.75, 3.05) is 0 Å². The number of halogens is 8. The molecule has 0 saturated heterocycles. The molecule has 0 spiro atoms. The van der Waals surface area contributed by atoms with Crippen molar-refractivity contribution in [2.45, 2.75) is 115 Å². The van der Waals surface area contributed by atoms with Gasteiger partial charge in [-0.2, -0.15) is 12.1 Å². The predicted octanol–water partition coefficient (Wildman–Crippen LogP) is 16.6. The average molecular weight is 942 g/mol. The first-order chi connectivity index (χ1) is 22.8. The molecule has 0 nitrogen and oxygen atoms in total. The summed E-state index contributed by atoms with van der Waals surface area (Å²) in [6.45, 7) is 4.25. The van der Waals surface area contributed by atoms with Gasteiger partial charge in [-0.25, -0.2) is 0 Å². The monoisotopic (exact) mass is 936 g/mol. The zero-order chi connectivity index (χ0) is 35.7. The third-order valence-electron chi connectivity index (χ3n) is 7.65. The molecule has 4 aromatic carbocycles. The summed E-state index contributed by atoms with van der Waals surface area (Å²) in [5.74, 6) is 0. The van der Waals surface area contributed by atoms with Gasteiger partial charge in [0, 0.05) is 9.52 Å². The van der Waals surface area contributed by atoms with E-state index in [1.165, 1.54) is 109 Å². The van der Waals surface area contributed by atoms with Crippen molar-refractivity contribution in [2.24, 2.45) is 0 Å². The van der Waals surface area contributed by atoms with Gasteiger partial charge in [-0.3, -0.25) is 0 Å². The Balaban J connectivity index is 0.000000400. The van der Waals surface area contributed by atoms with Gasteiger partial charge >= 0.3 is 49.9 Å². The van der Waals surface area contributed by atoms with Crippen LogP contribution in [0.5, 0.6) is 0 Å². The van der Waals surface area contributed by atoms with E-state index >= 15 is 0 Å². The van der Waals surface area contributed by atoms with Crippen LogP contribution in [0.2, 0.25) is 24.2 Å². The van der Waals surface area contributed by atoms with Crippen LogP contribution in [0.3, 0.4) is 0 Å². The third kappa shape index (κ3) is 27.2. The molecule has 0 N–H and O–H groups in total. The topological polar surface area (TPSA) is 0 Å². The predicted molar refractivity (Wildman–Crippen MR) is 227 cm³/mol. The summed E-state index contributed by atoms with van der Waals surface area (Å²) < 4.78 is 0. The number of benzene rings is 2. The van der Waals surface area contributed by atoms with Gasteiger partial charge in [0.1, 0.15) is 0 Å². The molecule has 48 heavy (non-hydrogen) atoms. The fourth-order valence-corrected chi connectivity index (χ4v) is 10.3. The van der Waals surface area contributed by atoms with E-state index in [9.17, 15) is 0 Å². The first kappa shape index (κ1) is 47.5. The molecule has 0 aliphatic rings. The van der Waals surface area contributed by atoms with Crippen LogP contribution in [0, 0.1) is 13.8 Å². The van der Waals surface area contributed by atoms with Crippen LogP contribution < -0.4 is 0 Å². The molecule has 0 aliphatic heterocycles. The number of hydrogen-bond donors (Lipinski definition) is 0. The van der Waals surface area contributed by atoms with E-state index in [4.69, 9.17) is 83.5 Å². The van der Waals surface area contributed by atoms with E-state index in [0.717, 1.165) is 34.4 Å². The van der Waals surface area contributed by atoms with Gasteiger partial charge in [0.05, 0.1) is 0 Å². The fraction of sp³-hybridized carbons (Fsp3) is 0.500. The van der Waals surface area contributed by atoms with Crippen molar-refractivity contribution in [1.82, 2.24) is 0 Å². The molecule has 0 saturated carbocycles. The first-order valence-electron chi connectivity index (χ1n) is 16.9. The van der Waals surface area contributed by atoms with Crippen LogP contribution in [0.4, 0.5) is 0 Å². The average Bonchev–Trinajstić information content (AvgIpc) is 3.59. The maximum atomic E-state index is 5.87. The number of aryl methyl sites for hydroxylation is 2. The number of unbranched alkanes of at least 4 members (excludes halogenated alkanes) is 10. The molecule has 0 atom stereocenters. The summed E-state index contributed by atoms with van der Waals surface area (Å²) in [7, 11) is 11.0. The summed E-state index contributed by atoms with van der Waals surface area (Å²) in [4.78, 5) is 0. The number of fused-ring (bicyclic) bond motifs is 2. The van der Waals surface area contributed by atoms with Gasteiger partial charge in [-0.05, 0) is 12.1 Å². The second-order valence-electron chi connectivity index (χ2n) is 12.1. The summed E-state index contributed by atoms with van der Waals surface area (Å²) in [5.41, 5.74) is 2.70. The van der Waals surface area contributed by atoms with Crippen LogP contribution in [-0.4, -0.2) is 21.5 Å². The van der Waals surface area contributed by atoms with Crippen LogP contribution in [0.1, 0.15) is 88.2 Å². The van der Waals surface area contributed by atoms with Crippen LogP contribution in [0.15, 0.2) is 72.8 Å². The minimum atomic E-state index is -2.37. The first-order valence-corrected chi connectivity index (χ1v) is 35.1. The van der Waals surface area contributed by atoms with Crippen molar-refractivity contribution in [3.05, 3.63) is 83.9 Å². The van der Waals surface area contributed by atoms with Crippen molar-refractivity contribution in [1.29, 1.82) is 0 Å². The van der Waals surface area contributed by atoms with E-state index < -0.39 is 32.9 Å². The van der Waals surface area contributed by atoms with Gasteiger partial charge in [0.25, 0.3) is 0 Å². The van der Waals surface area contributed by atoms with Crippen molar-refractivity contribution < 1.29 is 20.8 Å². The Hall–Kier alpha value is 1.51. The zero-order valence-electron chi connectivity index (χ0n) is 28.3. The van der Waals surface area contributed by atoms with Crippen LogP contribution in [-0.2, 0) is 20.8 Å². The molecular formula is C36H50Cl8Si3Zr. The molecule has 0 aromatic heterocycles. The number of rotatable bonds is 18. The molecule has 2 radical (unpaired) electrons. The van der Waals surface area contributed by atoms with Crippen molar-refractivity contribution in [3.63, 3.8) is 0 Å². The molecular weight excluding hydrogens is 892 g/mol. The van der Waals surface area contributed by atoms with E-state index in [1.54, 1.807) is 0 Å². The van der Waals surface area contributed by atoms with E-state index in [1.807, 2.05) is 0 Å². The zero-order valence-corrected chi connectivity index (χ0v) is 39.8. The van der Waals surface area contributed by atoms with Gasteiger partial charge in [-0.1, -0.05) is 115 Å². The Morgan fingerprint density at radius 3 is 1.17 bits per heavy atom. The normalized spacial score (nSPS) is 11.2. The van der Waals surface area contributed by atoms with Crippen molar-refractivity contribution >= 4 is 127 Å². The Morgan fingerprint density at radius 2 is 0.833 bits per heavy atom. The molecule has 0 heterocycles. The van der Waals surface area contributed by atoms with Gasteiger partial charge in [0.15, 0.2) is 0 Å². The van der Waals surface area contributed by atoms with Crippen molar-refractivity contribution in [3.8, 4) is 0 Å². The van der Waals surface area contributed by atoms with Crippen LogP contribution in [0.25, 0.3) is 21.5 Å². The molecule has 266 valence electrons. The van der Waals surface area contributed by atoms with E-state index in [0.29, 0.717) is 0 Å². The van der Waals surface area contributed by atoms with Gasteiger partial charge in [0.2, 0.25) is 0 Å². The third-order valence-corrected chi connectivity index (χ3v) is 14.3. The quantitative estimate of drug-likeness (QED) is 0.0404. The molecule has 0 fully saturated rings. The summed E-state index contributed by atoms with van der Waals surface area (Å²) >= 11 is 34.4. The molecule has 4 rings (SSSR count). The Morgan fingerprint density at radius 1 is 0.521 bits per heavy atom. The summed E-state index contributed by atoms with van der Waals surface area (Å²) in [5, 5.41) is 5.39. The second kappa shape index (κ2) is 28.9. The molecule has 12 heteroatoms. The molecule has 0 amide bonds. The second-order valence-corrected chi connectivity index (χ2v) is 35.9. The molecule has 0 unspecified atom stereocenters. The molecule has 0 aliphatic carbocycles. The molecule has 0 bridgehead atoms. The summed E-state index contributed by atoms with van der Waals surface area (Å²) in [6, 6.07) is 25.4. The Labute approximate surface area is 342 Å². The fourth-order valence-electron chi connectivity index (χ4n) is 5.30. The molecule has 4 aromatic rings. The van der Waals surface area contributed by atoms with Gasteiger partial charge < -0.3 is 0 Å². The Kier molecular flexibility index (Phi) is 28.7. The summed E-state index contributed by atoms with van der Waals surface area (Å²) in [6.07, 6.45) is 15.4. The van der Waals surface area contributed by atoms with E-state index in [2.05, 4.69) is 86.6 Å². The van der Waals surface area contributed by atoms with Gasteiger partial charge in [-0.15, -0.1) is 148 Å². The number of hydrogen-bond acceptors (Lipinski definition) is 0. The minimum absolute atomic E-state index is 0.813. The SMILES string of the molecule is Cc1cc2ccccc2[cH-]1.Cc1cc2ccccc2[cH-]1.Cl[Si](Cl)(Cl)CCCCCCCC[Si]CCCCCCCC[Si](Cl)(Cl)Cl.[Cl][Zr+2][Cl]. The maximum absolute atomic E-state index is 5.87. The van der Waals surface area contributed by atoms with E-state index in [-0.39, 0.29) is 0 Å². The van der Waals surface area contributed by atoms with Crippen LogP contribution >= 0.6 is 83.5 Å². The Bertz CT molecular complexity index is 1170.